The molecular weight excluding hydrogens is 232 g/mol. The zero-order chi connectivity index (χ0) is 13.8. The highest BCUT2D eigenvalue weighted by Gasteiger charge is 2.29. The standard InChI is InChI=1S/C17H28N2/c1-4-5-10-19(16-7-8-16)17-9-6-15(11-13(17)2)12-14(3)18/h6,9,11,14,16H,4-5,7-8,10,12,18H2,1-3H3. The number of aryl methyl sites for hydroxylation is 1. The SMILES string of the molecule is CCCCN(c1ccc(CC(C)N)cc1C)C1CC1. The van der Waals surface area contributed by atoms with Crippen LogP contribution in [-0.4, -0.2) is 18.6 Å². The average molecular weight is 260 g/mol. The Labute approximate surface area is 118 Å². The molecule has 106 valence electrons. The molecule has 1 fully saturated rings. The van der Waals surface area contributed by atoms with Crippen molar-refractivity contribution in [1.82, 2.24) is 0 Å². The van der Waals surface area contributed by atoms with E-state index in [2.05, 4.69) is 43.9 Å². The number of anilines is 1. The molecule has 19 heavy (non-hydrogen) atoms. The zero-order valence-corrected chi connectivity index (χ0v) is 12.7. The largest absolute Gasteiger partial charge is 0.368 e. The maximum atomic E-state index is 5.89. The molecule has 1 atom stereocenters. The van der Waals surface area contributed by atoms with Crippen molar-refractivity contribution in [3.05, 3.63) is 29.3 Å². The summed E-state index contributed by atoms with van der Waals surface area (Å²) in [7, 11) is 0. The summed E-state index contributed by atoms with van der Waals surface area (Å²) in [6.45, 7) is 7.78. The Hall–Kier alpha value is -1.02. The van der Waals surface area contributed by atoms with Gasteiger partial charge < -0.3 is 10.6 Å². The molecule has 0 saturated heterocycles. The van der Waals surface area contributed by atoms with Crippen molar-refractivity contribution in [2.75, 3.05) is 11.4 Å². The van der Waals surface area contributed by atoms with Gasteiger partial charge in [-0.05, 0) is 56.7 Å². The third-order valence-electron chi connectivity index (χ3n) is 3.87. The van der Waals surface area contributed by atoms with Crippen LogP contribution in [0.3, 0.4) is 0 Å². The van der Waals surface area contributed by atoms with Crippen LogP contribution in [0, 0.1) is 6.92 Å². The molecule has 2 N–H and O–H groups in total. The Morgan fingerprint density at radius 3 is 2.63 bits per heavy atom. The van der Waals surface area contributed by atoms with Crippen molar-refractivity contribution in [3.63, 3.8) is 0 Å². The molecule has 0 bridgehead atoms. The first-order valence-corrected chi connectivity index (χ1v) is 7.73. The molecule has 1 aliphatic carbocycles. The lowest BCUT2D eigenvalue weighted by Crippen LogP contribution is -2.27. The van der Waals surface area contributed by atoms with E-state index in [-0.39, 0.29) is 6.04 Å². The van der Waals surface area contributed by atoms with Crippen LogP contribution in [0.1, 0.15) is 50.7 Å². The number of rotatable bonds is 7. The number of benzene rings is 1. The van der Waals surface area contributed by atoms with Gasteiger partial charge in [0.1, 0.15) is 0 Å². The molecule has 1 unspecified atom stereocenters. The first-order chi connectivity index (χ1) is 9.11. The molecule has 1 aromatic carbocycles. The summed E-state index contributed by atoms with van der Waals surface area (Å²) in [5.74, 6) is 0. The lowest BCUT2D eigenvalue weighted by atomic mass is 10.0. The second-order valence-corrected chi connectivity index (χ2v) is 6.08. The normalized spacial score (nSPS) is 16.4. The Balaban J connectivity index is 2.13. The Bertz CT molecular complexity index is 408. The van der Waals surface area contributed by atoms with Gasteiger partial charge in [0.15, 0.2) is 0 Å². The molecular formula is C17H28N2. The quantitative estimate of drug-likeness (QED) is 0.811. The van der Waals surface area contributed by atoms with Gasteiger partial charge >= 0.3 is 0 Å². The van der Waals surface area contributed by atoms with Gasteiger partial charge in [-0.3, -0.25) is 0 Å². The van der Waals surface area contributed by atoms with Crippen molar-refractivity contribution in [1.29, 1.82) is 0 Å². The van der Waals surface area contributed by atoms with Gasteiger partial charge in [-0.25, -0.2) is 0 Å². The molecule has 0 aliphatic heterocycles. The molecule has 2 heteroatoms. The number of unbranched alkanes of at least 4 members (excludes halogenated alkanes) is 1. The predicted molar refractivity (Wildman–Crippen MR) is 83.8 cm³/mol. The van der Waals surface area contributed by atoms with Crippen LogP contribution in [0.4, 0.5) is 5.69 Å². The van der Waals surface area contributed by atoms with Crippen molar-refractivity contribution in [3.8, 4) is 0 Å². The third-order valence-corrected chi connectivity index (χ3v) is 3.87. The van der Waals surface area contributed by atoms with Crippen LogP contribution in [0.5, 0.6) is 0 Å². The molecule has 0 heterocycles. The van der Waals surface area contributed by atoms with Crippen molar-refractivity contribution in [2.45, 2.75) is 65.0 Å². The van der Waals surface area contributed by atoms with Gasteiger partial charge in [0.25, 0.3) is 0 Å². The molecule has 1 aromatic rings. The second kappa shape index (κ2) is 6.42. The van der Waals surface area contributed by atoms with E-state index in [0.29, 0.717) is 0 Å². The van der Waals surface area contributed by atoms with E-state index < -0.39 is 0 Å². The van der Waals surface area contributed by atoms with Crippen LogP contribution in [0.2, 0.25) is 0 Å². The molecule has 0 radical (unpaired) electrons. The van der Waals surface area contributed by atoms with E-state index in [0.717, 1.165) is 12.5 Å². The highest BCUT2D eigenvalue weighted by molar-refractivity contribution is 5.56. The summed E-state index contributed by atoms with van der Waals surface area (Å²) in [6.07, 6.45) is 6.26. The average Bonchev–Trinajstić information content (AvgIpc) is 3.15. The Kier molecular flexibility index (Phi) is 4.87. The number of nitrogens with two attached hydrogens (primary N) is 1. The van der Waals surface area contributed by atoms with Gasteiger partial charge in [-0.1, -0.05) is 25.5 Å². The summed E-state index contributed by atoms with van der Waals surface area (Å²) in [4.78, 5) is 2.62. The summed E-state index contributed by atoms with van der Waals surface area (Å²) in [5, 5.41) is 0. The smallest absolute Gasteiger partial charge is 0.0398 e. The van der Waals surface area contributed by atoms with Crippen LogP contribution in [0.25, 0.3) is 0 Å². The fourth-order valence-corrected chi connectivity index (χ4v) is 2.75. The topological polar surface area (TPSA) is 29.3 Å². The fraction of sp³-hybridized carbons (Fsp3) is 0.647. The first-order valence-electron chi connectivity index (χ1n) is 7.73. The Morgan fingerprint density at radius 1 is 1.37 bits per heavy atom. The minimum atomic E-state index is 0.241. The Morgan fingerprint density at radius 2 is 2.11 bits per heavy atom. The van der Waals surface area contributed by atoms with E-state index in [9.17, 15) is 0 Å². The van der Waals surface area contributed by atoms with E-state index in [1.807, 2.05) is 0 Å². The monoisotopic (exact) mass is 260 g/mol. The molecule has 0 aromatic heterocycles. The van der Waals surface area contributed by atoms with Crippen LogP contribution in [-0.2, 0) is 6.42 Å². The molecule has 2 nitrogen and oxygen atoms in total. The third kappa shape index (κ3) is 3.97. The van der Waals surface area contributed by atoms with Crippen LogP contribution >= 0.6 is 0 Å². The van der Waals surface area contributed by atoms with Crippen molar-refractivity contribution in [2.24, 2.45) is 5.73 Å². The van der Waals surface area contributed by atoms with Gasteiger partial charge in [-0.15, -0.1) is 0 Å². The minimum Gasteiger partial charge on any atom is -0.368 e. The summed E-state index contributed by atoms with van der Waals surface area (Å²) < 4.78 is 0. The van der Waals surface area contributed by atoms with Crippen LogP contribution < -0.4 is 10.6 Å². The highest BCUT2D eigenvalue weighted by Crippen LogP contribution is 2.34. The van der Waals surface area contributed by atoms with Gasteiger partial charge in [0, 0.05) is 24.3 Å². The lowest BCUT2D eigenvalue weighted by Gasteiger charge is -2.27. The second-order valence-electron chi connectivity index (χ2n) is 6.08. The van der Waals surface area contributed by atoms with E-state index >= 15 is 0 Å². The number of hydrogen-bond donors (Lipinski definition) is 1. The number of hydrogen-bond acceptors (Lipinski definition) is 2. The first kappa shape index (κ1) is 14.4. The molecule has 0 amide bonds. The maximum absolute atomic E-state index is 5.89. The maximum Gasteiger partial charge on any atom is 0.0398 e. The molecule has 2 rings (SSSR count). The molecule has 0 spiro atoms. The van der Waals surface area contributed by atoms with E-state index in [1.165, 1.54) is 49.0 Å². The lowest BCUT2D eigenvalue weighted by molar-refractivity contribution is 0.709. The summed E-state index contributed by atoms with van der Waals surface area (Å²) in [6, 6.07) is 7.92. The van der Waals surface area contributed by atoms with Crippen LogP contribution in [0.15, 0.2) is 18.2 Å². The highest BCUT2D eigenvalue weighted by atomic mass is 15.2. The van der Waals surface area contributed by atoms with Crippen molar-refractivity contribution >= 4 is 5.69 Å². The summed E-state index contributed by atoms with van der Waals surface area (Å²) in [5.41, 5.74) is 10.1. The zero-order valence-electron chi connectivity index (χ0n) is 12.7. The predicted octanol–water partition coefficient (Wildman–Crippen LogP) is 3.65. The van der Waals surface area contributed by atoms with Gasteiger partial charge in [0.05, 0.1) is 0 Å². The van der Waals surface area contributed by atoms with Gasteiger partial charge in [-0.2, -0.15) is 0 Å². The van der Waals surface area contributed by atoms with Crippen molar-refractivity contribution < 1.29 is 0 Å². The minimum absolute atomic E-state index is 0.241. The summed E-state index contributed by atoms with van der Waals surface area (Å²) >= 11 is 0. The molecule has 1 aliphatic rings. The van der Waals surface area contributed by atoms with E-state index in [1.54, 1.807) is 0 Å². The van der Waals surface area contributed by atoms with Gasteiger partial charge in [0.2, 0.25) is 0 Å². The number of nitrogens with zero attached hydrogens (tertiary/aromatic N) is 1. The van der Waals surface area contributed by atoms with E-state index in [4.69, 9.17) is 5.73 Å². The fourth-order valence-electron chi connectivity index (χ4n) is 2.75. The molecule has 1 saturated carbocycles.